The molecule has 2 rings (SSSR count). The smallest absolute Gasteiger partial charge is 0.339 e. The van der Waals surface area contributed by atoms with Gasteiger partial charge in [-0.15, -0.1) is 0 Å². The molecule has 0 aliphatic rings. The Balaban J connectivity index is 2.57. The summed E-state index contributed by atoms with van der Waals surface area (Å²) in [7, 11) is 1.33. The predicted molar refractivity (Wildman–Crippen MR) is 55.3 cm³/mol. The molecule has 0 unspecified atom stereocenters. The van der Waals surface area contributed by atoms with Crippen LogP contribution in [-0.2, 0) is 4.74 Å². The van der Waals surface area contributed by atoms with Crippen LogP contribution in [0, 0.1) is 0 Å². The molecule has 15 heavy (non-hydrogen) atoms. The number of methoxy groups -OCH3 is 1. The van der Waals surface area contributed by atoms with E-state index in [-0.39, 0.29) is 0 Å². The second-order valence-corrected chi connectivity index (χ2v) is 3.00. The summed E-state index contributed by atoms with van der Waals surface area (Å²) in [6, 6.07) is 5.09. The van der Waals surface area contributed by atoms with Crippen LogP contribution in [0.1, 0.15) is 10.4 Å². The summed E-state index contributed by atoms with van der Waals surface area (Å²) < 4.78 is 4.58. The van der Waals surface area contributed by atoms with E-state index in [4.69, 9.17) is 5.73 Å². The van der Waals surface area contributed by atoms with Crippen molar-refractivity contribution in [2.24, 2.45) is 0 Å². The van der Waals surface area contributed by atoms with Gasteiger partial charge in [0.25, 0.3) is 0 Å². The molecule has 0 saturated heterocycles. The molecule has 0 saturated carbocycles. The van der Waals surface area contributed by atoms with Gasteiger partial charge in [-0.2, -0.15) is 0 Å². The SMILES string of the molecule is COC(=O)c1cnc2nc(N)ccc2c1. The number of rotatable bonds is 1. The highest BCUT2D eigenvalue weighted by atomic mass is 16.5. The van der Waals surface area contributed by atoms with E-state index in [0.717, 1.165) is 5.39 Å². The van der Waals surface area contributed by atoms with Gasteiger partial charge in [0.05, 0.1) is 12.7 Å². The molecule has 2 N–H and O–H groups in total. The quantitative estimate of drug-likeness (QED) is 0.699. The van der Waals surface area contributed by atoms with E-state index in [1.165, 1.54) is 13.3 Å². The van der Waals surface area contributed by atoms with Crippen molar-refractivity contribution in [1.29, 1.82) is 0 Å². The van der Waals surface area contributed by atoms with Crippen LogP contribution in [0.2, 0.25) is 0 Å². The lowest BCUT2D eigenvalue weighted by molar-refractivity contribution is 0.0600. The van der Waals surface area contributed by atoms with E-state index in [9.17, 15) is 4.79 Å². The third kappa shape index (κ3) is 1.71. The first-order chi connectivity index (χ1) is 7.20. The van der Waals surface area contributed by atoms with Crippen molar-refractivity contribution >= 4 is 22.8 Å². The summed E-state index contributed by atoms with van der Waals surface area (Å²) in [6.07, 6.45) is 1.42. The number of nitrogen functional groups attached to an aromatic ring is 1. The molecule has 76 valence electrons. The highest BCUT2D eigenvalue weighted by molar-refractivity contribution is 5.93. The number of nitrogens with zero attached hydrogens (tertiary/aromatic N) is 2. The van der Waals surface area contributed by atoms with Gasteiger partial charge in [-0.3, -0.25) is 0 Å². The standard InChI is InChI=1S/C10H9N3O2/c1-15-10(14)7-4-6-2-3-8(11)13-9(6)12-5-7/h2-5H,1H3,(H2,11,12,13). The molecule has 0 radical (unpaired) electrons. The Labute approximate surface area is 85.9 Å². The lowest BCUT2D eigenvalue weighted by atomic mass is 10.2. The molecule has 2 aromatic heterocycles. The summed E-state index contributed by atoms with van der Waals surface area (Å²) in [5.74, 6) is -0.0120. The topological polar surface area (TPSA) is 78.1 Å². The van der Waals surface area contributed by atoms with Gasteiger partial charge >= 0.3 is 5.97 Å². The zero-order valence-corrected chi connectivity index (χ0v) is 8.10. The fourth-order valence-corrected chi connectivity index (χ4v) is 1.25. The first-order valence-corrected chi connectivity index (χ1v) is 4.31. The number of pyridine rings is 2. The first kappa shape index (κ1) is 9.39. The molecule has 0 aromatic carbocycles. The van der Waals surface area contributed by atoms with Gasteiger partial charge in [0, 0.05) is 11.6 Å². The van der Waals surface area contributed by atoms with Crippen LogP contribution in [0.25, 0.3) is 11.0 Å². The zero-order chi connectivity index (χ0) is 10.8. The lowest BCUT2D eigenvalue weighted by Crippen LogP contribution is -2.02. The molecule has 0 amide bonds. The van der Waals surface area contributed by atoms with Gasteiger partial charge < -0.3 is 10.5 Å². The maximum atomic E-state index is 11.2. The minimum absolute atomic E-state index is 0.400. The maximum Gasteiger partial charge on any atom is 0.339 e. The molecule has 0 bridgehead atoms. The summed E-state index contributed by atoms with van der Waals surface area (Å²) in [5.41, 5.74) is 6.42. The molecule has 0 spiro atoms. The van der Waals surface area contributed by atoms with Crippen LogP contribution >= 0.6 is 0 Å². The average Bonchev–Trinajstić information content (AvgIpc) is 2.27. The number of anilines is 1. The molecule has 5 heteroatoms. The van der Waals surface area contributed by atoms with Crippen LogP contribution in [-0.4, -0.2) is 23.0 Å². The summed E-state index contributed by atoms with van der Waals surface area (Å²) >= 11 is 0. The monoisotopic (exact) mass is 203 g/mol. The third-order valence-corrected chi connectivity index (χ3v) is 1.98. The van der Waals surface area contributed by atoms with Crippen LogP contribution in [0.5, 0.6) is 0 Å². The van der Waals surface area contributed by atoms with E-state index in [1.807, 2.05) is 0 Å². The molecular weight excluding hydrogens is 194 g/mol. The van der Waals surface area contributed by atoms with Crippen molar-refractivity contribution in [1.82, 2.24) is 9.97 Å². The zero-order valence-electron chi connectivity index (χ0n) is 8.10. The maximum absolute atomic E-state index is 11.2. The number of nitrogens with two attached hydrogens (primary N) is 1. The molecule has 5 nitrogen and oxygen atoms in total. The minimum Gasteiger partial charge on any atom is -0.465 e. The average molecular weight is 203 g/mol. The molecule has 0 fully saturated rings. The summed E-state index contributed by atoms with van der Waals surface area (Å²) in [6.45, 7) is 0. The Morgan fingerprint density at radius 1 is 1.47 bits per heavy atom. The predicted octanol–water partition coefficient (Wildman–Crippen LogP) is 0.999. The van der Waals surface area contributed by atoms with Gasteiger partial charge in [0.15, 0.2) is 5.65 Å². The molecule has 0 aliphatic carbocycles. The lowest BCUT2D eigenvalue weighted by Gasteiger charge is -2.01. The summed E-state index contributed by atoms with van der Waals surface area (Å²) in [5, 5.41) is 0.757. The molecule has 2 heterocycles. The Bertz CT molecular complexity index is 525. The van der Waals surface area contributed by atoms with E-state index in [1.54, 1.807) is 18.2 Å². The third-order valence-electron chi connectivity index (χ3n) is 1.98. The fraction of sp³-hybridized carbons (Fsp3) is 0.100. The van der Waals surface area contributed by atoms with Crippen LogP contribution in [0.3, 0.4) is 0 Å². The minimum atomic E-state index is -0.416. The highest BCUT2D eigenvalue weighted by Gasteiger charge is 2.07. The van der Waals surface area contributed by atoms with Crippen molar-refractivity contribution < 1.29 is 9.53 Å². The highest BCUT2D eigenvalue weighted by Crippen LogP contribution is 2.13. The number of carbonyl (C=O) groups excluding carboxylic acids is 1. The van der Waals surface area contributed by atoms with Crippen LogP contribution in [0.15, 0.2) is 24.4 Å². The van der Waals surface area contributed by atoms with Crippen molar-refractivity contribution in [3.8, 4) is 0 Å². The normalized spacial score (nSPS) is 10.2. The number of hydrogen-bond donors (Lipinski definition) is 1. The second kappa shape index (κ2) is 3.53. The fourth-order valence-electron chi connectivity index (χ4n) is 1.25. The van der Waals surface area contributed by atoms with Crippen molar-refractivity contribution in [2.75, 3.05) is 12.8 Å². The van der Waals surface area contributed by atoms with Gasteiger partial charge in [0.1, 0.15) is 5.82 Å². The number of hydrogen-bond acceptors (Lipinski definition) is 5. The van der Waals surface area contributed by atoms with E-state index >= 15 is 0 Å². The second-order valence-electron chi connectivity index (χ2n) is 3.00. The Hall–Kier alpha value is -2.17. The van der Waals surface area contributed by atoms with E-state index < -0.39 is 5.97 Å². The number of fused-ring (bicyclic) bond motifs is 1. The van der Waals surface area contributed by atoms with Gasteiger partial charge in [0.2, 0.25) is 0 Å². The molecule has 2 aromatic rings. The van der Waals surface area contributed by atoms with Gasteiger partial charge in [-0.05, 0) is 18.2 Å². The Kier molecular flexibility index (Phi) is 2.21. The van der Waals surface area contributed by atoms with E-state index in [0.29, 0.717) is 17.0 Å². The first-order valence-electron chi connectivity index (χ1n) is 4.31. The molecular formula is C10H9N3O2. The number of carbonyl (C=O) groups is 1. The summed E-state index contributed by atoms with van der Waals surface area (Å²) in [4.78, 5) is 19.3. The molecule has 0 aliphatic heterocycles. The van der Waals surface area contributed by atoms with E-state index in [2.05, 4.69) is 14.7 Å². The van der Waals surface area contributed by atoms with Gasteiger partial charge in [-0.1, -0.05) is 0 Å². The van der Waals surface area contributed by atoms with Crippen LogP contribution < -0.4 is 5.73 Å². The molecule has 0 atom stereocenters. The van der Waals surface area contributed by atoms with Crippen molar-refractivity contribution in [3.63, 3.8) is 0 Å². The number of esters is 1. The Morgan fingerprint density at radius 2 is 2.27 bits per heavy atom. The van der Waals surface area contributed by atoms with Crippen molar-refractivity contribution in [3.05, 3.63) is 30.0 Å². The van der Waals surface area contributed by atoms with Gasteiger partial charge in [-0.25, -0.2) is 14.8 Å². The van der Waals surface area contributed by atoms with Crippen molar-refractivity contribution in [2.45, 2.75) is 0 Å². The Morgan fingerprint density at radius 3 is 3.00 bits per heavy atom. The largest absolute Gasteiger partial charge is 0.465 e. The van der Waals surface area contributed by atoms with Crippen LogP contribution in [0.4, 0.5) is 5.82 Å². The number of aromatic nitrogens is 2. The number of ether oxygens (including phenoxy) is 1.